The van der Waals surface area contributed by atoms with Crippen LogP contribution < -0.4 is 0 Å². The van der Waals surface area contributed by atoms with Crippen molar-refractivity contribution in [2.24, 2.45) is 0 Å². The van der Waals surface area contributed by atoms with Crippen molar-refractivity contribution in [2.75, 3.05) is 0 Å². The molecule has 0 fully saturated rings. The number of benzene rings is 2. The molecule has 7 nitrogen and oxygen atoms in total. The fraction of sp³-hybridized carbons (Fsp3) is 0.0833. The Bertz CT molecular complexity index is 3040. The molecule has 0 radical (unpaired) electrons. The van der Waals surface area contributed by atoms with Crippen molar-refractivity contribution < 1.29 is 0 Å². The van der Waals surface area contributed by atoms with Crippen molar-refractivity contribution in [1.82, 2.24) is 29.9 Å². The van der Waals surface area contributed by atoms with E-state index in [0.717, 1.165) is 61.2 Å². The molecular formula is C60H45N7. The van der Waals surface area contributed by atoms with E-state index >= 15 is 0 Å². The number of pyridine rings is 6. The summed E-state index contributed by atoms with van der Waals surface area (Å²) in [5.74, 6) is 36.8. The Morgan fingerprint density at radius 1 is 0.299 bits per heavy atom. The molecular weight excluding hydrogens is 819 g/mol. The summed E-state index contributed by atoms with van der Waals surface area (Å²) in [7, 11) is 0. The maximum atomic E-state index is 7.32. The Morgan fingerprint density at radius 3 is 0.866 bits per heavy atom. The highest BCUT2D eigenvalue weighted by Crippen LogP contribution is 2.11. The van der Waals surface area contributed by atoms with Gasteiger partial charge >= 0.3 is 0 Å². The van der Waals surface area contributed by atoms with E-state index in [-0.39, 0.29) is 0 Å². The van der Waals surface area contributed by atoms with Gasteiger partial charge in [0.15, 0.2) is 0 Å². The van der Waals surface area contributed by atoms with Gasteiger partial charge in [0.2, 0.25) is 0 Å². The topological polar surface area (TPSA) is 101 Å². The van der Waals surface area contributed by atoms with Crippen molar-refractivity contribution in [3.05, 3.63) is 250 Å². The lowest BCUT2D eigenvalue weighted by Gasteiger charge is -1.97. The Kier molecular flexibility index (Phi) is 22.5. The van der Waals surface area contributed by atoms with Crippen LogP contribution in [0.15, 0.2) is 184 Å². The van der Waals surface area contributed by atoms with Crippen LogP contribution in [0.2, 0.25) is 0 Å². The Hall–Kier alpha value is -9.81. The third-order valence-corrected chi connectivity index (χ3v) is 8.13. The molecule has 0 bridgehead atoms. The van der Waals surface area contributed by atoms with E-state index in [9.17, 15) is 0 Å². The Morgan fingerprint density at radius 2 is 0.582 bits per heavy atom. The molecule has 7 heteroatoms. The predicted molar refractivity (Wildman–Crippen MR) is 268 cm³/mol. The van der Waals surface area contributed by atoms with E-state index < -0.39 is 0 Å². The Labute approximate surface area is 395 Å². The fourth-order valence-electron chi connectivity index (χ4n) is 5.25. The Balaban J connectivity index is 0.000000212. The second-order valence-electron chi connectivity index (χ2n) is 13.6. The highest BCUT2D eigenvalue weighted by atomic mass is 14.6. The quantitative estimate of drug-likeness (QED) is 0.140. The first-order valence-corrected chi connectivity index (χ1v) is 20.8. The molecule has 0 saturated heterocycles. The molecule has 0 aliphatic rings. The normalized spacial score (nSPS) is 8.54. The molecule has 0 N–H and O–H groups in total. The zero-order valence-electron chi connectivity index (χ0n) is 38.0. The molecule has 67 heavy (non-hydrogen) atoms. The van der Waals surface area contributed by atoms with Crippen LogP contribution in [0.3, 0.4) is 0 Å². The first-order chi connectivity index (χ1) is 32.9. The predicted octanol–water partition coefficient (Wildman–Crippen LogP) is 10.6. The van der Waals surface area contributed by atoms with Gasteiger partial charge < -0.3 is 0 Å². The van der Waals surface area contributed by atoms with Crippen molar-refractivity contribution in [3.8, 4) is 77.1 Å². The van der Waals surface area contributed by atoms with E-state index in [4.69, 9.17) is 5.26 Å². The third-order valence-electron chi connectivity index (χ3n) is 8.13. The molecule has 2 aromatic carbocycles. The van der Waals surface area contributed by atoms with Gasteiger partial charge in [-0.15, -0.1) is 11.8 Å². The van der Waals surface area contributed by atoms with Gasteiger partial charge in [0, 0.05) is 137 Å². The lowest BCUT2D eigenvalue weighted by molar-refractivity contribution is 1.29. The second kappa shape index (κ2) is 30.3. The average molecular weight is 864 g/mol. The van der Waals surface area contributed by atoms with Crippen molar-refractivity contribution >= 4 is 0 Å². The van der Waals surface area contributed by atoms with Gasteiger partial charge in [0.25, 0.3) is 0 Å². The highest BCUT2D eigenvalue weighted by Gasteiger charge is 1.98. The maximum Gasteiger partial charge on any atom is 0.0587 e. The fourth-order valence-corrected chi connectivity index (χ4v) is 5.25. The highest BCUT2D eigenvalue weighted by molar-refractivity contribution is 5.54. The lowest BCUT2D eigenvalue weighted by Crippen LogP contribution is -1.85. The number of rotatable bonds is 0. The third kappa shape index (κ3) is 21.2. The van der Waals surface area contributed by atoms with Crippen LogP contribution in [-0.2, 0) is 0 Å². The summed E-state index contributed by atoms with van der Waals surface area (Å²) < 4.78 is 0. The van der Waals surface area contributed by atoms with Crippen LogP contribution in [0.25, 0.3) is 0 Å². The monoisotopic (exact) mass is 863 g/mol. The van der Waals surface area contributed by atoms with Crippen molar-refractivity contribution in [3.63, 3.8) is 0 Å². The smallest absolute Gasteiger partial charge is 0.0587 e. The van der Waals surface area contributed by atoms with Gasteiger partial charge in [-0.3, -0.25) is 29.9 Å². The standard InChI is InChI=1S/C23H14N2.C21H14N2.C8H7N.C6H7N.C2H3N/c1-2-5-21-14-22(10-8-19-6-3-12-24-17-19)16-23(15-21)11-9-20-7-4-13-25-18-20;1-17-12-20(8-6-18-4-2-10-22-15-18)14-21(13-17)9-7-19-5-3-11-23-16-19;1-2-3-8-4-6-9-7-5-8;1-6-2-4-7-5-3-6;1-2-3/h3-4,6-7,12-18H,1H3;2-5,10-16H,1H3;4-7H,1H3;2-5H,1H3;1H3. The SMILES string of the molecule is CC#Cc1cc(C#Cc2cccnc2)cc(C#Cc2cccnc2)c1.CC#Cc1ccncc1.CC#N.Cc1cc(C#Cc2cccnc2)cc(C#Cc2cccnc2)c1.Cc1ccncc1. The summed E-state index contributed by atoms with van der Waals surface area (Å²) >= 11 is 0. The van der Waals surface area contributed by atoms with Crippen LogP contribution in [-0.4, -0.2) is 29.9 Å². The molecule has 0 aliphatic carbocycles. The van der Waals surface area contributed by atoms with Crippen LogP contribution in [0.1, 0.15) is 87.5 Å². The van der Waals surface area contributed by atoms with Gasteiger partial charge in [0.05, 0.1) is 6.07 Å². The molecule has 6 heterocycles. The molecule has 0 amide bonds. The van der Waals surface area contributed by atoms with E-state index in [2.05, 4.69) is 113 Å². The second-order valence-corrected chi connectivity index (χ2v) is 13.6. The van der Waals surface area contributed by atoms with Crippen LogP contribution >= 0.6 is 0 Å². The minimum Gasteiger partial charge on any atom is -0.265 e. The van der Waals surface area contributed by atoms with Crippen LogP contribution in [0.5, 0.6) is 0 Å². The van der Waals surface area contributed by atoms with Crippen LogP contribution in [0.4, 0.5) is 0 Å². The maximum absolute atomic E-state index is 7.32. The lowest BCUT2D eigenvalue weighted by atomic mass is 10.1. The summed E-state index contributed by atoms with van der Waals surface area (Å²) in [4.78, 5) is 24.0. The van der Waals surface area contributed by atoms with Gasteiger partial charge in [-0.05, 0) is 148 Å². The number of hydrogen-bond acceptors (Lipinski definition) is 7. The first-order valence-electron chi connectivity index (χ1n) is 20.8. The largest absolute Gasteiger partial charge is 0.265 e. The zero-order valence-corrected chi connectivity index (χ0v) is 38.0. The molecule has 0 unspecified atom stereocenters. The van der Waals surface area contributed by atoms with Gasteiger partial charge in [0.1, 0.15) is 0 Å². The summed E-state index contributed by atoms with van der Waals surface area (Å²) in [5.41, 5.74) is 11.5. The van der Waals surface area contributed by atoms with E-state index in [1.54, 1.807) is 80.4 Å². The molecule has 8 aromatic rings. The molecule has 6 aromatic heterocycles. The summed E-state index contributed by atoms with van der Waals surface area (Å²) in [6.07, 6.45) is 21.0. The summed E-state index contributed by atoms with van der Waals surface area (Å²) in [5, 5.41) is 7.32. The number of aryl methyl sites for hydroxylation is 2. The molecule has 8 rings (SSSR count). The minimum atomic E-state index is 0.873. The van der Waals surface area contributed by atoms with E-state index in [1.807, 2.05) is 125 Å². The van der Waals surface area contributed by atoms with E-state index in [1.165, 1.54) is 12.5 Å². The number of hydrogen-bond donors (Lipinski definition) is 0. The number of nitriles is 1. The zero-order chi connectivity index (χ0) is 47.6. The van der Waals surface area contributed by atoms with Gasteiger partial charge in [-0.2, -0.15) is 5.26 Å². The van der Waals surface area contributed by atoms with E-state index in [0.29, 0.717) is 0 Å². The van der Waals surface area contributed by atoms with Gasteiger partial charge in [-0.25, -0.2) is 0 Å². The molecule has 0 atom stereocenters. The van der Waals surface area contributed by atoms with Gasteiger partial charge in [-0.1, -0.05) is 59.2 Å². The molecule has 0 saturated carbocycles. The molecule has 320 valence electrons. The number of nitrogens with zero attached hydrogens (tertiary/aromatic N) is 7. The number of aromatic nitrogens is 6. The summed E-state index contributed by atoms with van der Waals surface area (Å²) in [6.45, 7) is 9.15. The van der Waals surface area contributed by atoms with Crippen molar-refractivity contribution in [1.29, 1.82) is 5.26 Å². The average Bonchev–Trinajstić information content (AvgIpc) is 3.37. The molecule has 0 spiro atoms. The van der Waals surface area contributed by atoms with Crippen molar-refractivity contribution in [2.45, 2.75) is 34.6 Å². The summed E-state index contributed by atoms with van der Waals surface area (Å²) in [6, 6.07) is 36.7. The van der Waals surface area contributed by atoms with Crippen LogP contribution in [0, 0.1) is 96.2 Å². The first kappa shape index (κ1) is 49.8. The molecule has 0 aliphatic heterocycles. The minimum absolute atomic E-state index is 0.873.